The molecule has 3 aromatic rings. The largest absolute Gasteiger partial charge is 0.336 e. The van der Waals surface area contributed by atoms with E-state index in [0.717, 1.165) is 16.9 Å². The molecule has 0 amide bonds. The Morgan fingerprint density at radius 1 is 0.947 bits per heavy atom. The lowest BCUT2D eigenvalue weighted by Gasteiger charge is -2.08. The van der Waals surface area contributed by atoms with Crippen molar-refractivity contribution in [1.29, 1.82) is 0 Å². The summed E-state index contributed by atoms with van der Waals surface area (Å²) in [4.78, 5) is 3.12. The first-order chi connectivity index (χ1) is 9.25. The molecule has 1 aromatic heterocycles. The van der Waals surface area contributed by atoms with Gasteiger partial charge in [0, 0.05) is 21.0 Å². The third kappa shape index (κ3) is 2.50. The van der Waals surface area contributed by atoms with Gasteiger partial charge in [0.15, 0.2) is 4.77 Å². The summed E-state index contributed by atoms with van der Waals surface area (Å²) < 4.78 is 3.98. The lowest BCUT2D eigenvalue weighted by atomic mass is 10.1. The van der Waals surface area contributed by atoms with Gasteiger partial charge >= 0.3 is 0 Å². The van der Waals surface area contributed by atoms with E-state index < -0.39 is 0 Å². The average Bonchev–Trinajstić information content (AvgIpc) is 2.83. The number of hydrogen-bond donors (Lipinski definition) is 1. The Morgan fingerprint density at radius 3 is 2.32 bits per heavy atom. The van der Waals surface area contributed by atoms with Gasteiger partial charge in [-0.25, -0.2) is 0 Å². The summed E-state index contributed by atoms with van der Waals surface area (Å²) in [6, 6.07) is 18.6. The smallest absolute Gasteiger partial charge is 0.182 e. The van der Waals surface area contributed by atoms with Crippen molar-refractivity contribution in [1.82, 2.24) is 9.55 Å². The number of rotatable bonds is 2. The Bertz CT molecular complexity index is 742. The van der Waals surface area contributed by atoms with Crippen LogP contribution in [0, 0.1) is 8.34 Å². The van der Waals surface area contributed by atoms with Gasteiger partial charge in [-0.3, -0.25) is 4.57 Å². The standard InChI is InChI=1S/C15H11IN2S/c16-12-6-8-13(9-7-12)18-14(10-17-15(18)19)11-4-2-1-3-5-11/h1-10H,(H,17,19). The first kappa shape index (κ1) is 12.6. The van der Waals surface area contributed by atoms with Crippen molar-refractivity contribution in [3.05, 3.63) is 69.1 Å². The Kier molecular flexibility index (Phi) is 3.52. The maximum absolute atomic E-state index is 5.39. The number of aromatic nitrogens is 2. The highest BCUT2D eigenvalue weighted by Crippen LogP contribution is 2.23. The molecule has 0 fully saturated rings. The van der Waals surface area contributed by atoms with E-state index >= 15 is 0 Å². The van der Waals surface area contributed by atoms with Crippen LogP contribution in [0.3, 0.4) is 0 Å². The molecule has 0 aliphatic heterocycles. The van der Waals surface area contributed by atoms with Gasteiger partial charge in [0.25, 0.3) is 0 Å². The molecule has 0 bridgehead atoms. The fraction of sp³-hybridized carbons (Fsp3) is 0. The van der Waals surface area contributed by atoms with Crippen LogP contribution in [0.5, 0.6) is 0 Å². The zero-order valence-corrected chi connectivity index (χ0v) is 13.0. The predicted molar refractivity (Wildman–Crippen MR) is 89.1 cm³/mol. The highest BCUT2D eigenvalue weighted by molar-refractivity contribution is 14.1. The topological polar surface area (TPSA) is 20.7 Å². The van der Waals surface area contributed by atoms with Crippen LogP contribution in [0.2, 0.25) is 0 Å². The molecule has 0 spiro atoms. The second-order valence-corrected chi connectivity index (χ2v) is 5.79. The van der Waals surface area contributed by atoms with E-state index in [9.17, 15) is 0 Å². The second kappa shape index (κ2) is 5.30. The summed E-state index contributed by atoms with van der Waals surface area (Å²) in [5.41, 5.74) is 3.30. The maximum atomic E-state index is 5.39. The molecule has 3 rings (SSSR count). The Labute approximate surface area is 130 Å². The molecule has 0 radical (unpaired) electrons. The molecule has 94 valence electrons. The second-order valence-electron chi connectivity index (χ2n) is 4.16. The van der Waals surface area contributed by atoms with Crippen LogP contribution in [-0.2, 0) is 0 Å². The number of aromatic amines is 1. The summed E-state index contributed by atoms with van der Waals surface area (Å²) in [6.45, 7) is 0. The molecule has 0 unspecified atom stereocenters. The van der Waals surface area contributed by atoms with Gasteiger partial charge in [0.2, 0.25) is 0 Å². The van der Waals surface area contributed by atoms with Crippen molar-refractivity contribution >= 4 is 34.8 Å². The van der Waals surface area contributed by atoms with Crippen molar-refractivity contribution in [2.75, 3.05) is 0 Å². The summed E-state index contributed by atoms with van der Waals surface area (Å²) in [5.74, 6) is 0. The van der Waals surface area contributed by atoms with Crippen LogP contribution >= 0.6 is 34.8 Å². The maximum Gasteiger partial charge on any atom is 0.182 e. The van der Waals surface area contributed by atoms with Gasteiger partial charge < -0.3 is 4.98 Å². The highest BCUT2D eigenvalue weighted by atomic mass is 127. The van der Waals surface area contributed by atoms with Crippen molar-refractivity contribution < 1.29 is 0 Å². The third-order valence-electron chi connectivity index (χ3n) is 2.93. The molecule has 19 heavy (non-hydrogen) atoms. The molecule has 0 saturated carbocycles. The fourth-order valence-corrected chi connectivity index (χ4v) is 2.66. The van der Waals surface area contributed by atoms with Gasteiger partial charge in [-0.15, -0.1) is 0 Å². The Balaban J connectivity index is 2.19. The Morgan fingerprint density at radius 2 is 1.63 bits per heavy atom. The van der Waals surface area contributed by atoms with Crippen LogP contribution in [0.15, 0.2) is 60.8 Å². The van der Waals surface area contributed by atoms with Crippen LogP contribution in [0.1, 0.15) is 0 Å². The molecule has 0 saturated heterocycles. The first-order valence-corrected chi connectivity index (χ1v) is 7.36. The van der Waals surface area contributed by atoms with E-state index in [1.54, 1.807) is 0 Å². The SMILES string of the molecule is S=c1[nH]cc(-c2ccccc2)n1-c1ccc(I)cc1. The minimum absolute atomic E-state index is 0.708. The molecule has 0 aliphatic rings. The van der Waals surface area contributed by atoms with Crippen molar-refractivity contribution in [2.45, 2.75) is 0 Å². The van der Waals surface area contributed by atoms with Crippen molar-refractivity contribution in [3.8, 4) is 16.9 Å². The molecule has 0 aliphatic carbocycles. The molecule has 0 atom stereocenters. The predicted octanol–water partition coefficient (Wildman–Crippen LogP) is 4.81. The van der Waals surface area contributed by atoms with Gasteiger partial charge in [0.05, 0.1) is 5.69 Å². The number of H-pyrrole nitrogens is 1. The van der Waals surface area contributed by atoms with Crippen molar-refractivity contribution in [2.24, 2.45) is 0 Å². The highest BCUT2D eigenvalue weighted by Gasteiger charge is 2.07. The van der Waals surface area contributed by atoms with E-state index in [4.69, 9.17) is 12.2 Å². The minimum Gasteiger partial charge on any atom is -0.336 e. The number of nitrogens with zero attached hydrogens (tertiary/aromatic N) is 1. The molecule has 1 heterocycles. The van der Waals surface area contributed by atoms with Crippen LogP contribution in [0.4, 0.5) is 0 Å². The summed E-state index contributed by atoms with van der Waals surface area (Å²) in [6.07, 6.45) is 1.95. The van der Waals surface area contributed by atoms with Crippen LogP contribution in [0.25, 0.3) is 16.9 Å². The van der Waals surface area contributed by atoms with E-state index in [2.05, 4.69) is 68.5 Å². The number of imidazole rings is 1. The van der Waals surface area contributed by atoms with E-state index in [0.29, 0.717) is 4.77 Å². The summed E-state index contributed by atoms with van der Waals surface area (Å²) >= 11 is 7.69. The molecule has 2 nitrogen and oxygen atoms in total. The number of halogens is 1. The van der Waals surface area contributed by atoms with Crippen LogP contribution < -0.4 is 0 Å². The van der Waals surface area contributed by atoms with Gasteiger partial charge in [-0.05, 0) is 59.1 Å². The molecule has 4 heteroatoms. The average molecular weight is 378 g/mol. The summed E-state index contributed by atoms with van der Waals surface area (Å²) in [5, 5.41) is 0. The number of benzene rings is 2. The fourth-order valence-electron chi connectivity index (χ4n) is 2.04. The van der Waals surface area contributed by atoms with E-state index in [-0.39, 0.29) is 0 Å². The molecule has 2 aromatic carbocycles. The lowest BCUT2D eigenvalue weighted by Crippen LogP contribution is -1.96. The Hall–Kier alpha value is -1.40. The number of hydrogen-bond acceptors (Lipinski definition) is 1. The minimum atomic E-state index is 0.708. The molecular weight excluding hydrogens is 367 g/mol. The monoisotopic (exact) mass is 378 g/mol. The van der Waals surface area contributed by atoms with E-state index in [1.165, 1.54) is 3.57 Å². The first-order valence-electron chi connectivity index (χ1n) is 5.87. The van der Waals surface area contributed by atoms with Gasteiger partial charge in [-0.1, -0.05) is 30.3 Å². The number of nitrogens with one attached hydrogen (secondary N) is 1. The van der Waals surface area contributed by atoms with Crippen molar-refractivity contribution in [3.63, 3.8) is 0 Å². The van der Waals surface area contributed by atoms with E-state index in [1.807, 2.05) is 24.4 Å². The quantitative estimate of drug-likeness (QED) is 0.502. The normalized spacial score (nSPS) is 10.6. The van der Waals surface area contributed by atoms with Gasteiger partial charge in [0.1, 0.15) is 0 Å². The van der Waals surface area contributed by atoms with Crippen LogP contribution in [-0.4, -0.2) is 9.55 Å². The summed E-state index contributed by atoms with van der Waals surface area (Å²) in [7, 11) is 0. The third-order valence-corrected chi connectivity index (χ3v) is 3.95. The zero-order chi connectivity index (χ0) is 13.2. The molecular formula is C15H11IN2S. The zero-order valence-electron chi connectivity index (χ0n) is 10.0. The molecule has 1 N–H and O–H groups in total. The van der Waals surface area contributed by atoms with Gasteiger partial charge in [-0.2, -0.15) is 0 Å². The lowest BCUT2D eigenvalue weighted by molar-refractivity contribution is 1.04.